The van der Waals surface area contributed by atoms with Gasteiger partial charge in [0.1, 0.15) is 0 Å². The number of aromatic nitrogens is 1. The maximum atomic E-state index is 12.9. The minimum Gasteiger partial charge on any atom is -0.481 e. The Labute approximate surface area is 212 Å². The normalized spacial score (nSPS) is 21.1. The third kappa shape index (κ3) is 6.69. The van der Waals surface area contributed by atoms with Crippen molar-refractivity contribution in [3.63, 3.8) is 0 Å². The Hall–Kier alpha value is -3.38. The Morgan fingerprint density at radius 2 is 1.92 bits per heavy atom. The van der Waals surface area contributed by atoms with Crippen LogP contribution in [0.25, 0.3) is 0 Å². The summed E-state index contributed by atoms with van der Waals surface area (Å²) in [6.45, 7) is 2.17. The number of alkyl halides is 3. The van der Waals surface area contributed by atoms with E-state index in [0.717, 1.165) is 49.8 Å². The fourth-order valence-electron chi connectivity index (χ4n) is 4.78. The quantitative estimate of drug-likeness (QED) is 0.509. The van der Waals surface area contributed by atoms with Crippen LogP contribution in [0.5, 0.6) is 5.88 Å². The summed E-state index contributed by atoms with van der Waals surface area (Å²) in [6, 6.07) is 7.56. The van der Waals surface area contributed by atoms with Crippen molar-refractivity contribution in [2.24, 2.45) is 0 Å². The number of hydrogen-bond acceptors (Lipinski definition) is 7. The van der Waals surface area contributed by atoms with Gasteiger partial charge in [-0.25, -0.2) is 4.98 Å². The van der Waals surface area contributed by atoms with E-state index in [1.807, 2.05) is 12.1 Å². The predicted octanol–water partition coefficient (Wildman–Crippen LogP) is 1.67. The summed E-state index contributed by atoms with van der Waals surface area (Å²) in [5.41, 5.74) is -0.102. The van der Waals surface area contributed by atoms with Crippen molar-refractivity contribution < 1.29 is 32.6 Å². The highest BCUT2D eigenvalue weighted by atomic mass is 19.4. The second-order valence-electron chi connectivity index (χ2n) is 9.23. The molecule has 9 nitrogen and oxygen atoms in total. The number of likely N-dealkylation sites (tertiary alicyclic amines) is 1. The maximum absolute atomic E-state index is 12.9. The molecule has 2 aliphatic heterocycles. The lowest BCUT2D eigenvalue weighted by Crippen LogP contribution is -2.48. The minimum absolute atomic E-state index is 0.188. The smallest absolute Gasteiger partial charge is 0.416 e. The van der Waals surface area contributed by atoms with Crippen LogP contribution < -0.4 is 20.3 Å². The zero-order valence-corrected chi connectivity index (χ0v) is 20.4. The third-order valence-electron chi connectivity index (χ3n) is 6.80. The van der Waals surface area contributed by atoms with Crippen molar-refractivity contribution in [1.82, 2.24) is 20.5 Å². The lowest BCUT2D eigenvalue weighted by Gasteiger charge is -2.37. The molecule has 2 aliphatic rings. The van der Waals surface area contributed by atoms with E-state index in [1.54, 1.807) is 13.3 Å². The highest BCUT2D eigenvalue weighted by molar-refractivity contribution is 5.96. The van der Waals surface area contributed by atoms with Gasteiger partial charge in [0.15, 0.2) is 0 Å². The van der Waals surface area contributed by atoms with Crippen LogP contribution in [0.1, 0.15) is 28.8 Å². The second kappa shape index (κ2) is 11.3. The first-order valence-corrected chi connectivity index (χ1v) is 12.1. The van der Waals surface area contributed by atoms with E-state index >= 15 is 0 Å². The number of carbonyl (C=O) groups is 2. The van der Waals surface area contributed by atoms with Crippen LogP contribution in [0.15, 0.2) is 42.6 Å². The van der Waals surface area contributed by atoms with Crippen LogP contribution in [0.4, 0.5) is 18.9 Å². The molecule has 4 rings (SSSR count). The zero-order chi connectivity index (χ0) is 26.6. The highest BCUT2D eigenvalue weighted by Gasteiger charge is 2.37. The number of aliphatic hydroxyl groups is 1. The molecular weight excluding hydrogens is 491 g/mol. The fraction of sp³-hybridized carbons (Fsp3) is 0.480. The molecule has 2 amide bonds. The first-order chi connectivity index (χ1) is 17.6. The first-order valence-electron chi connectivity index (χ1n) is 12.1. The van der Waals surface area contributed by atoms with Crippen LogP contribution >= 0.6 is 0 Å². The van der Waals surface area contributed by atoms with Gasteiger partial charge in [0.05, 0.1) is 43.2 Å². The van der Waals surface area contributed by atoms with Gasteiger partial charge in [0, 0.05) is 43.9 Å². The number of ether oxygens (including phenoxy) is 1. The first kappa shape index (κ1) is 26.7. The average Bonchev–Trinajstić information content (AvgIpc) is 3.26. The van der Waals surface area contributed by atoms with E-state index in [1.165, 1.54) is 6.07 Å². The molecule has 12 heteroatoms. The van der Waals surface area contributed by atoms with E-state index in [9.17, 15) is 27.9 Å². The molecule has 2 atom stereocenters. The summed E-state index contributed by atoms with van der Waals surface area (Å²) in [6.07, 6.45) is -1.75. The van der Waals surface area contributed by atoms with Gasteiger partial charge in [-0.1, -0.05) is 6.07 Å². The SMILES string of the molecule is COc1ccc(N2CCC(N3C[C@@H](O)[C@@H](NC(=O)CNC(=O)c4cccc(C(F)(F)F)c4)C3)CC2)cn1. The number of piperidine rings is 1. The molecule has 2 saturated heterocycles. The number of nitrogens with one attached hydrogen (secondary N) is 2. The molecule has 37 heavy (non-hydrogen) atoms. The molecule has 0 aliphatic carbocycles. The molecule has 200 valence electrons. The summed E-state index contributed by atoms with van der Waals surface area (Å²) >= 11 is 0. The minimum atomic E-state index is -4.57. The molecule has 2 aromatic rings. The van der Waals surface area contributed by atoms with Gasteiger partial charge in [-0.05, 0) is 37.1 Å². The topological polar surface area (TPSA) is 107 Å². The summed E-state index contributed by atoms with van der Waals surface area (Å²) in [5, 5.41) is 15.6. The summed E-state index contributed by atoms with van der Waals surface area (Å²) in [5.74, 6) is -0.741. The number of rotatable bonds is 7. The average molecular weight is 522 g/mol. The Balaban J connectivity index is 1.22. The molecule has 0 unspecified atom stereocenters. The van der Waals surface area contributed by atoms with Crippen molar-refractivity contribution >= 4 is 17.5 Å². The predicted molar refractivity (Wildman–Crippen MR) is 129 cm³/mol. The maximum Gasteiger partial charge on any atom is 0.416 e. The Morgan fingerprint density at radius 1 is 1.16 bits per heavy atom. The number of nitrogens with zero attached hydrogens (tertiary/aromatic N) is 3. The van der Waals surface area contributed by atoms with Crippen LogP contribution in [0.3, 0.4) is 0 Å². The van der Waals surface area contributed by atoms with Crippen LogP contribution in [-0.2, 0) is 11.0 Å². The number of methoxy groups -OCH3 is 1. The van der Waals surface area contributed by atoms with E-state index in [4.69, 9.17) is 4.74 Å². The molecule has 0 radical (unpaired) electrons. The molecule has 0 saturated carbocycles. The van der Waals surface area contributed by atoms with Crippen molar-refractivity contribution in [2.45, 2.75) is 37.2 Å². The van der Waals surface area contributed by atoms with Crippen molar-refractivity contribution in [3.8, 4) is 5.88 Å². The summed E-state index contributed by atoms with van der Waals surface area (Å²) in [4.78, 5) is 33.3. The summed E-state index contributed by atoms with van der Waals surface area (Å²) < 4.78 is 43.7. The van der Waals surface area contributed by atoms with Crippen molar-refractivity contribution in [1.29, 1.82) is 0 Å². The highest BCUT2D eigenvalue weighted by Crippen LogP contribution is 2.29. The molecule has 0 bridgehead atoms. The number of amides is 2. The number of hydrogen-bond donors (Lipinski definition) is 3. The number of benzene rings is 1. The molecule has 1 aromatic heterocycles. The monoisotopic (exact) mass is 521 g/mol. The fourth-order valence-corrected chi connectivity index (χ4v) is 4.78. The van der Waals surface area contributed by atoms with Crippen LogP contribution in [0.2, 0.25) is 0 Å². The molecule has 3 heterocycles. The lowest BCUT2D eigenvalue weighted by atomic mass is 10.0. The molecule has 0 spiro atoms. The molecular formula is C25H30F3N5O4. The Kier molecular flexibility index (Phi) is 8.18. The Morgan fingerprint density at radius 3 is 2.57 bits per heavy atom. The van der Waals surface area contributed by atoms with Crippen LogP contribution in [0, 0.1) is 0 Å². The van der Waals surface area contributed by atoms with Gasteiger partial charge in [-0.2, -0.15) is 13.2 Å². The lowest BCUT2D eigenvalue weighted by molar-refractivity contribution is -0.137. The third-order valence-corrected chi connectivity index (χ3v) is 6.80. The number of anilines is 1. The van der Waals surface area contributed by atoms with Gasteiger partial charge in [-0.3, -0.25) is 14.5 Å². The number of halogens is 3. The largest absolute Gasteiger partial charge is 0.481 e. The van der Waals surface area contributed by atoms with E-state index in [-0.39, 0.29) is 11.6 Å². The van der Waals surface area contributed by atoms with Crippen molar-refractivity contribution in [2.75, 3.05) is 44.7 Å². The standard InChI is InChI=1S/C25H30F3N5O4/c1-37-23-6-5-19(12-29-23)32-9-7-18(8-10-32)33-14-20(21(34)15-33)31-22(35)13-30-24(36)16-3-2-4-17(11-16)25(26,27)28/h2-6,11-12,18,20-21,34H,7-10,13-15H2,1H3,(H,30,36)(H,31,35)/t20-,21+/m0/s1. The van der Waals surface area contributed by atoms with E-state index in [2.05, 4.69) is 25.4 Å². The number of carbonyl (C=O) groups excluding carboxylic acids is 2. The van der Waals surface area contributed by atoms with Gasteiger partial charge < -0.3 is 25.4 Å². The summed E-state index contributed by atoms with van der Waals surface area (Å²) in [7, 11) is 1.57. The van der Waals surface area contributed by atoms with Crippen LogP contribution in [-0.4, -0.2) is 84.8 Å². The van der Waals surface area contributed by atoms with Crippen molar-refractivity contribution in [3.05, 3.63) is 53.7 Å². The Bertz CT molecular complexity index is 1090. The second-order valence-corrected chi connectivity index (χ2v) is 9.23. The molecule has 1 aromatic carbocycles. The number of β-amino-alcohol motifs (C(OH)–C–C–N with tert-alkyl or cyclic N) is 1. The number of pyridine rings is 1. The van der Waals surface area contributed by atoms with Gasteiger partial charge in [0.2, 0.25) is 11.8 Å². The van der Waals surface area contributed by atoms with E-state index < -0.39 is 42.2 Å². The molecule has 3 N–H and O–H groups in total. The molecule has 2 fully saturated rings. The van der Waals surface area contributed by atoms with Gasteiger partial charge >= 0.3 is 6.18 Å². The van der Waals surface area contributed by atoms with E-state index in [0.29, 0.717) is 19.0 Å². The van der Waals surface area contributed by atoms with Gasteiger partial charge in [0.25, 0.3) is 5.91 Å². The zero-order valence-electron chi connectivity index (χ0n) is 20.4. The number of aliphatic hydroxyl groups excluding tert-OH is 1. The van der Waals surface area contributed by atoms with Gasteiger partial charge in [-0.15, -0.1) is 0 Å².